The fraction of sp³-hybridized carbons (Fsp3) is 0.176. The molecule has 0 saturated carbocycles. The number of nitrogens with one attached hydrogen (secondary N) is 1. The number of esters is 1. The molecule has 0 bridgehead atoms. The molecule has 24 heavy (non-hydrogen) atoms. The summed E-state index contributed by atoms with van der Waals surface area (Å²) >= 11 is 5.65. The molecule has 0 aromatic heterocycles. The molecule has 2 aromatic rings. The predicted octanol–water partition coefficient (Wildman–Crippen LogP) is 3.55. The highest BCUT2D eigenvalue weighted by atomic mass is 35.5. The molecular weight excluding hydrogens is 335 g/mol. The van der Waals surface area contributed by atoms with Gasteiger partial charge in [0.2, 0.25) is 0 Å². The van der Waals surface area contributed by atoms with Crippen LogP contribution in [-0.4, -0.2) is 18.0 Å². The van der Waals surface area contributed by atoms with Gasteiger partial charge in [-0.2, -0.15) is 0 Å². The van der Waals surface area contributed by atoms with E-state index in [0.717, 1.165) is 11.6 Å². The number of halogens is 2. The number of carbonyl (C=O) groups excluding carboxylic acids is 2. The van der Waals surface area contributed by atoms with Crippen molar-refractivity contribution in [3.8, 4) is 0 Å². The summed E-state index contributed by atoms with van der Waals surface area (Å²) in [5, 5.41) is 2.55. The van der Waals surface area contributed by atoms with Gasteiger partial charge in [-0.05, 0) is 43.7 Å². The number of carbonyl (C=O) groups is 2. The second-order valence-electron chi connectivity index (χ2n) is 5.20. The van der Waals surface area contributed by atoms with Crippen LogP contribution in [0.25, 0.3) is 0 Å². The Balaban J connectivity index is 2.06. The van der Waals surface area contributed by atoms with Crippen LogP contribution in [0.15, 0.2) is 36.4 Å². The number of benzene rings is 2. The summed E-state index contributed by atoms with van der Waals surface area (Å²) in [6, 6.07) is 8.75. The maximum absolute atomic E-state index is 13.7. The van der Waals surface area contributed by atoms with Gasteiger partial charge < -0.3 is 15.8 Å². The molecule has 126 valence electrons. The lowest BCUT2D eigenvalue weighted by atomic mass is 10.1. The zero-order valence-corrected chi connectivity index (χ0v) is 13.9. The van der Waals surface area contributed by atoms with Crippen LogP contribution >= 0.6 is 11.6 Å². The molecule has 3 N–H and O–H groups in total. The van der Waals surface area contributed by atoms with Crippen LogP contribution < -0.4 is 11.1 Å². The van der Waals surface area contributed by atoms with E-state index in [4.69, 9.17) is 22.1 Å². The molecule has 0 fully saturated rings. The lowest BCUT2D eigenvalue weighted by Gasteiger charge is -2.15. The number of aryl methyl sites for hydroxylation is 1. The quantitative estimate of drug-likeness (QED) is 0.652. The van der Waals surface area contributed by atoms with Gasteiger partial charge >= 0.3 is 5.97 Å². The second kappa shape index (κ2) is 7.31. The molecule has 7 heteroatoms. The number of hydrogen-bond acceptors (Lipinski definition) is 4. The number of hydrogen-bond donors (Lipinski definition) is 2. The maximum atomic E-state index is 13.7. The lowest BCUT2D eigenvalue weighted by Crippen LogP contribution is -2.30. The van der Waals surface area contributed by atoms with E-state index in [-0.39, 0.29) is 16.3 Å². The van der Waals surface area contributed by atoms with Crippen LogP contribution in [-0.2, 0) is 9.53 Å². The molecule has 0 aliphatic carbocycles. The third kappa shape index (κ3) is 4.02. The normalized spacial score (nSPS) is 11.7. The van der Waals surface area contributed by atoms with Gasteiger partial charge in [0.15, 0.2) is 6.10 Å². The molecule has 0 aliphatic heterocycles. The molecule has 0 saturated heterocycles. The van der Waals surface area contributed by atoms with E-state index in [1.165, 1.54) is 25.1 Å². The first-order valence-corrected chi connectivity index (χ1v) is 7.49. The Morgan fingerprint density at radius 3 is 2.67 bits per heavy atom. The summed E-state index contributed by atoms with van der Waals surface area (Å²) < 4.78 is 18.8. The van der Waals surface area contributed by atoms with Gasteiger partial charge in [-0.1, -0.05) is 23.7 Å². The van der Waals surface area contributed by atoms with Crippen molar-refractivity contribution in [1.29, 1.82) is 0 Å². The number of para-hydroxylation sites is 1. The molecule has 1 amide bonds. The van der Waals surface area contributed by atoms with Crippen molar-refractivity contribution >= 4 is 34.9 Å². The largest absolute Gasteiger partial charge is 0.449 e. The SMILES string of the molecule is Cc1cccc(C(=O)O[C@H](C)C(=O)Nc2ccc(Cl)cc2F)c1N. The standard InChI is InChI=1S/C17H16ClFN2O3/c1-9-4-3-5-12(15(9)20)17(23)24-10(2)16(22)21-14-7-6-11(18)8-13(14)19/h3-8,10H,20H2,1-2H3,(H,21,22)/t10-/m1/s1. The van der Waals surface area contributed by atoms with E-state index in [9.17, 15) is 14.0 Å². The van der Waals surface area contributed by atoms with Gasteiger partial charge in [0.1, 0.15) is 5.82 Å². The van der Waals surface area contributed by atoms with Crippen LogP contribution in [0.3, 0.4) is 0 Å². The summed E-state index contributed by atoms with van der Waals surface area (Å²) in [7, 11) is 0. The summed E-state index contributed by atoms with van der Waals surface area (Å²) in [4.78, 5) is 24.2. The monoisotopic (exact) mass is 350 g/mol. The summed E-state index contributed by atoms with van der Waals surface area (Å²) in [6.45, 7) is 3.14. The molecular formula is C17H16ClFN2O3. The summed E-state index contributed by atoms with van der Waals surface area (Å²) in [6.07, 6.45) is -1.13. The summed E-state index contributed by atoms with van der Waals surface area (Å²) in [5.74, 6) is -2.08. The zero-order valence-electron chi connectivity index (χ0n) is 13.1. The van der Waals surface area contributed by atoms with Gasteiger partial charge in [-0.25, -0.2) is 9.18 Å². The van der Waals surface area contributed by atoms with Gasteiger partial charge in [-0.3, -0.25) is 4.79 Å². The van der Waals surface area contributed by atoms with Crippen molar-refractivity contribution in [2.75, 3.05) is 11.1 Å². The molecule has 1 atom stereocenters. The smallest absolute Gasteiger partial charge is 0.341 e. The van der Waals surface area contributed by atoms with Gasteiger partial charge in [0.05, 0.1) is 11.3 Å². The fourth-order valence-corrected chi connectivity index (χ4v) is 2.12. The van der Waals surface area contributed by atoms with Gasteiger partial charge in [0, 0.05) is 10.7 Å². The van der Waals surface area contributed by atoms with Crippen LogP contribution in [0.5, 0.6) is 0 Å². The highest BCUT2D eigenvalue weighted by molar-refractivity contribution is 6.30. The molecule has 2 aromatic carbocycles. The van der Waals surface area contributed by atoms with E-state index >= 15 is 0 Å². The first kappa shape index (κ1) is 17.7. The van der Waals surface area contributed by atoms with E-state index in [1.807, 2.05) is 0 Å². The molecule has 0 aliphatic rings. The second-order valence-corrected chi connectivity index (χ2v) is 5.63. The molecule has 0 spiro atoms. The fourth-order valence-electron chi connectivity index (χ4n) is 1.96. The van der Waals surface area contributed by atoms with Crippen molar-refractivity contribution in [3.63, 3.8) is 0 Å². The third-order valence-corrected chi connectivity index (χ3v) is 3.62. The minimum Gasteiger partial charge on any atom is -0.449 e. The number of anilines is 2. The first-order valence-electron chi connectivity index (χ1n) is 7.11. The van der Waals surface area contributed by atoms with Crippen molar-refractivity contribution < 1.29 is 18.7 Å². The molecule has 2 rings (SSSR count). The van der Waals surface area contributed by atoms with Crippen LogP contribution in [0.2, 0.25) is 5.02 Å². The lowest BCUT2D eigenvalue weighted by molar-refractivity contribution is -0.123. The minimum absolute atomic E-state index is 0.0534. The third-order valence-electron chi connectivity index (χ3n) is 3.39. The van der Waals surface area contributed by atoms with Crippen molar-refractivity contribution in [1.82, 2.24) is 0 Å². The highest BCUT2D eigenvalue weighted by Gasteiger charge is 2.21. The van der Waals surface area contributed by atoms with Gasteiger partial charge in [0.25, 0.3) is 5.91 Å². The number of rotatable bonds is 4. The Morgan fingerprint density at radius 2 is 2.00 bits per heavy atom. The van der Waals surface area contributed by atoms with Crippen LogP contribution in [0.4, 0.5) is 15.8 Å². The Hall–Kier alpha value is -2.60. The molecule has 0 radical (unpaired) electrons. The molecule has 0 unspecified atom stereocenters. The number of amides is 1. The Kier molecular flexibility index (Phi) is 5.41. The molecule has 5 nitrogen and oxygen atoms in total. The first-order chi connectivity index (χ1) is 11.3. The number of nitrogen functional groups attached to an aromatic ring is 1. The van der Waals surface area contributed by atoms with E-state index in [1.54, 1.807) is 19.1 Å². The van der Waals surface area contributed by atoms with Crippen molar-refractivity contribution in [3.05, 3.63) is 58.4 Å². The van der Waals surface area contributed by atoms with Crippen molar-refractivity contribution in [2.45, 2.75) is 20.0 Å². The van der Waals surface area contributed by atoms with E-state index in [0.29, 0.717) is 5.69 Å². The Bertz CT molecular complexity index is 795. The Morgan fingerprint density at radius 1 is 1.29 bits per heavy atom. The topological polar surface area (TPSA) is 81.4 Å². The summed E-state index contributed by atoms with van der Waals surface area (Å²) in [5.41, 5.74) is 6.97. The zero-order chi connectivity index (χ0) is 17.9. The molecule has 0 heterocycles. The average molecular weight is 351 g/mol. The van der Waals surface area contributed by atoms with Crippen LogP contribution in [0, 0.1) is 12.7 Å². The predicted molar refractivity (Wildman–Crippen MR) is 90.5 cm³/mol. The van der Waals surface area contributed by atoms with Crippen molar-refractivity contribution in [2.24, 2.45) is 0 Å². The Labute approximate surface area is 143 Å². The maximum Gasteiger partial charge on any atom is 0.341 e. The highest BCUT2D eigenvalue weighted by Crippen LogP contribution is 2.20. The van der Waals surface area contributed by atoms with Crippen LogP contribution in [0.1, 0.15) is 22.8 Å². The number of nitrogens with two attached hydrogens (primary N) is 1. The average Bonchev–Trinajstić information content (AvgIpc) is 2.52. The van der Waals surface area contributed by atoms with E-state index < -0.39 is 23.8 Å². The minimum atomic E-state index is -1.13. The van der Waals surface area contributed by atoms with E-state index in [2.05, 4.69) is 5.32 Å². The number of ether oxygens (including phenoxy) is 1. The van der Waals surface area contributed by atoms with Gasteiger partial charge in [-0.15, -0.1) is 0 Å².